The molecule has 0 radical (unpaired) electrons. The summed E-state index contributed by atoms with van der Waals surface area (Å²) in [5, 5.41) is 9.46. The van der Waals surface area contributed by atoms with Gasteiger partial charge < -0.3 is 10.8 Å². The van der Waals surface area contributed by atoms with Crippen LogP contribution < -0.4 is 16.6 Å². The molecule has 0 fully saturated rings. The number of hydrogen-bond donors (Lipinski definition) is 4. The number of primary amides is 1. The van der Waals surface area contributed by atoms with Gasteiger partial charge in [-0.05, 0) is 24.3 Å². The van der Waals surface area contributed by atoms with Gasteiger partial charge in [-0.2, -0.15) is 0 Å². The molecule has 11 heteroatoms. The number of carbonyl (C=O) groups excluding carboxylic acids is 1. The zero-order valence-corrected chi connectivity index (χ0v) is 13.6. The van der Waals surface area contributed by atoms with E-state index >= 15 is 0 Å². The number of hydrazine groups is 1. The van der Waals surface area contributed by atoms with Crippen molar-refractivity contribution in [3.63, 3.8) is 0 Å². The highest BCUT2D eigenvalue weighted by Gasteiger charge is 2.35. The number of phenolic OH excluding ortho intramolecular Hbond substituents is 1. The van der Waals surface area contributed by atoms with Crippen molar-refractivity contribution in [3.05, 3.63) is 48.5 Å². The highest BCUT2D eigenvalue weighted by atomic mass is 33.2. The van der Waals surface area contributed by atoms with Gasteiger partial charge in [-0.3, -0.25) is 10.9 Å². The van der Waals surface area contributed by atoms with E-state index in [-0.39, 0.29) is 11.4 Å². The van der Waals surface area contributed by atoms with Crippen molar-refractivity contribution in [2.24, 2.45) is 5.73 Å². The highest BCUT2D eigenvalue weighted by Crippen LogP contribution is 2.31. The third-order valence-corrected chi connectivity index (χ3v) is 8.04. The molecule has 2 rings (SSSR count). The molecule has 2 amide bonds. The molecule has 0 saturated heterocycles. The molecule has 0 aliphatic carbocycles. The molecule has 0 aromatic heterocycles. The van der Waals surface area contributed by atoms with Gasteiger partial charge in [0.2, 0.25) is 0 Å². The smallest absolute Gasteiger partial charge is 0.330 e. The van der Waals surface area contributed by atoms with Crippen LogP contribution in [0.5, 0.6) is 5.75 Å². The monoisotopic (exact) mass is 371 g/mol. The van der Waals surface area contributed by atoms with E-state index in [0.29, 0.717) is 0 Å². The number of hydrogen-bond acceptors (Lipinski definition) is 7. The van der Waals surface area contributed by atoms with Gasteiger partial charge in [-0.25, -0.2) is 21.6 Å². The Bertz CT molecular complexity index is 972. The SMILES string of the molecule is NC(=O)NNc1cc(O)ccc1S(=O)(=O)S(=O)(=O)c1ccccc1. The first kappa shape index (κ1) is 17.6. The molecule has 9 nitrogen and oxygen atoms in total. The molecule has 128 valence electrons. The summed E-state index contributed by atoms with van der Waals surface area (Å²) < 4.78 is 50.0. The molecule has 0 aliphatic rings. The Balaban J connectivity index is 2.60. The molecule has 24 heavy (non-hydrogen) atoms. The molecule has 0 spiro atoms. The Hall–Kier alpha value is -2.79. The van der Waals surface area contributed by atoms with Gasteiger partial charge in [-0.1, -0.05) is 18.2 Å². The minimum atomic E-state index is -4.88. The standard InChI is InChI=1S/C13H13N3O6S2/c14-13(18)16-15-11-8-9(17)6-7-12(11)24(21,22)23(19,20)10-4-2-1-3-5-10/h1-8,15,17H,(H3,14,16,18). The minimum Gasteiger partial charge on any atom is -0.508 e. The first-order chi connectivity index (χ1) is 11.2. The third kappa shape index (κ3) is 3.26. The van der Waals surface area contributed by atoms with E-state index in [1.54, 1.807) is 0 Å². The molecule has 0 unspecified atom stereocenters. The molecule has 2 aromatic rings. The fourth-order valence-electron chi connectivity index (χ4n) is 1.79. The summed E-state index contributed by atoms with van der Waals surface area (Å²) in [5.41, 5.74) is 8.58. The Morgan fingerprint density at radius 2 is 1.58 bits per heavy atom. The van der Waals surface area contributed by atoms with E-state index in [2.05, 4.69) is 5.43 Å². The second kappa shape index (κ2) is 6.37. The van der Waals surface area contributed by atoms with Crippen molar-refractivity contribution in [2.75, 3.05) is 5.43 Å². The molecule has 0 heterocycles. The summed E-state index contributed by atoms with van der Waals surface area (Å²) in [5.74, 6) is -0.347. The predicted octanol–water partition coefficient (Wildman–Crippen LogP) is 0.550. The number of nitrogens with one attached hydrogen (secondary N) is 2. The summed E-state index contributed by atoms with van der Waals surface area (Å²) in [6.45, 7) is 0. The predicted molar refractivity (Wildman–Crippen MR) is 85.3 cm³/mol. The third-order valence-electron chi connectivity index (χ3n) is 2.87. The van der Waals surface area contributed by atoms with Gasteiger partial charge in [0.1, 0.15) is 10.6 Å². The molecular weight excluding hydrogens is 358 g/mol. The molecule has 0 atom stereocenters. The molecule has 0 aliphatic heterocycles. The van der Waals surface area contributed by atoms with E-state index in [1.807, 2.05) is 5.43 Å². The second-order valence-electron chi connectivity index (χ2n) is 4.52. The van der Waals surface area contributed by atoms with Crippen LogP contribution >= 0.6 is 0 Å². The van der Waals surface area contributed by atoms with Gasteiger partial charge in [-0.15, -0.1) is 0 Å². The van der Waals surface area contributed by atoms with E-state index in [1.165, 1.54) is 18.2 Å². The largest absolute Gasteiger partial charge is 0.508 e. The zero-order valence-electron chi connectivity index (χ0n) is 12.0. The van der Waals surface area contributed by atoms with Crippen molar-refractivity contribution < 1.29 is 26.7 Å². The zero-order chi connectivity index (χ0) is 18.0. The number of urea groups is 1. The maximum absolute atomic E-state index is 12.6. The van der Waals surface area contributed by atoms with Gasteiger partial charge in [0, 0.05) is 6.07 Å². The van der Waals surface area contributed by atoms with Gasteiger partial charge >= 0.3 is 6.03 Å². The van der Waals surface area contributed by atoms with Crippen LogP contribution in [0.4, 0.5) is 10.5 Å². The van der Waals surface area contributed by atoms with Crippen molar-refractivity contribution in [1.29, 1.82) is 0 Å². The van der Waals surface area contributed by atoms with Gasteiger partial charge in [0.15, 0.2) is 0 Å². The lowest BCUT2D eigenvalue weighted by Crippen LogP contribution is -2.34. The van der Waals surface area contributed by atoms with Crippen LogP contribution in [0.15, 0.2) is 58.3 Å². The number of amides is 2. The van der Waals surface area contributed by atoms with Crippen LogP contribution in [0.25, 0.3) is 0 Å². The first-order valence-electron chi connectivity index (χ1n) is 6.36. The van der Waals surface area contributed by atoms with Crippen LogP contribution in [0.1, 0.15) is 0 Å². The number of carbonyl (C=O) groups is 1. The van der Waals surface area contributed by atoms with Crippen LogP contribution in [0.3, 0.4) is 0 Å². The number of benzene rings is 2. The van der Waals surface area contributed by atoms with E-state index < -0.39 is 33.6 Å². The van der Waals surface area contributed by atoms with Crippen molar-refractivity contribution >= 4 is 29.5 Å². The van der Waals surface area contributed by atoms with Gasteiger partial charge in [0.05, 0.1) is 10.6 Å². The number of aromatic hydroxyl groups is 1. The van der Waals surface area contributed by atoms with Crippen LogP contribution in [-0.2, 0) is 17.7 Å². The number of phenols is 1. The fraction of sp³-hybridized carbons (Fsp3) is 0. The molecule has 5 N–H and O–H groups in total. The van der Waals surface area contributed by atoms with Crippen molar-refractivity contribution in [3.8, 4) is 5.75 Å². The average molecular weight is 371 g/mol. The minimum absolute atomic E-state index is 0.347. The van der Waals surface area contributed by atoms with Crippen molar-refractivity contribution in [1.82, 2.24) is 5.43 Å². The molecule has 2 aromatic carbocycles. The Morgan fingerprint density at radius 1 is 0.958 bits per heavy atom. The van der Waals surface area contributed by atoms with Crippen LogP contribution in [0.2, 0.25) is 0 Å². The van der Waals surface area contributed by atoms with Crippen molar-refractivity contribution in [2.45, 2.75) is 9.79 Å². The Kier molecular flexibility index (Phi) is 4.66. The summed E-state index contributed by atoms with van der Waals surface area (Å²) >= 11 is 0. The maximum Gasteiger partial charge on any atom is 0.330 e. The summed E-state index contributed by atoms with van der Waals surface area (Å²) in [4.78, 5) is 9.69. The number of rotatable bonds is 5. The number of nitrogens with two attached hydrogens (primary N) is 1. The highest BCUT2D eigenvalue weighted by molar-refractivity contribution is 8.67. The van der Waals surface area contributed by atoms with Crippen LogP contribution in [-0.4, -0.2) is 28.0 Å². The lowest BCUT2D eigenvalue weighted by molar-refractivity contribution is 0.250. The van der Waals surface area contributed by atoms with E-state index in [0.717, 1.165) is 30.3 Å². The fourth-order valence-corrected chi connectivity index (χ4v) is 5.63. The average Bonchev–Trinajstić information content (AvgIpc) is 2.53. The maximum atomic E-state index is 12.6. The van der Waals surface area contributed by atoms with Gasteiger partial charge in [0.25, 0.3) is 17.7 Å². The second-order valence-corrected chi connectivity index (χ2v) is 9.88. The molecular formula is C13H13N3O6S2. The summed E-state index contributed by atoms with van der Waals surface area (Å²) in [7, 11) is -9.64. The lowest BCUT2D eigenvalue weighted by atomic mass is 10.3. The Morgan fingerprint density at radius 3 is 2.17 bits per heavy atom. The Labute approximate surface area is 137 Å². The normalized spacial score (nSPS) is 11.7. The molecule has 0 bridgehead atoms. The summed E-state index contributed by atoms with van der Waals surface area (Å²) in [6, 6.07) is 8.38. The van der Waals surface area contributed by atoms with Crippen LogP contribution in [0, 0.1) is 0 Å². The number of anilines is 1. The quantitative estimate of drug-likeness (QED) is 0.442. The summed E-state index contributed by atoms with van der Waals surface area (Å²) in [6.07, 6.45) is 0. The topological polar surface area (TPSA) is 156 Å². The molecule has 0 saturated carbocycles. The first-order valence-corrected chi connectivity index (χ1v) is 9.84. The van der Waals surface area contributed by atoms with E-state index in [4.69, 9.17) is 5.73 Å². The van der Waals surface area contributed by atoms with E-state index in [9.17, 15) is 26.7 Å². The lowest BCUT2D eigenvalue weighted by Gasteiger charge is -2.13.